The van der Waals surface area contributed by atoms with Crippen LogP contribution in [0.4, 0.5) is 0 Å². The maximum absolute atomic E-state index is 12.9. The fourth-order valence-corrected chi connectivity index (χ4v) is 5.48. The number of fused-ring (bicyclic) bond motifs is 1. The second kappa shape index (κ2) is 6.26. The smallest absolute Gasteiger partial charge is 0.274 e. The molecule has 1 aromatic rings. The first kappa shape index (κ1) is 16.5. The van der Waals surface area contributed by atoms with E-state index in [4.69, 9.17) is 0 Å². The van der Waals surface area contributed by atoms with E-state index < -0.39 is 15.1 Å². The Hall–Kier alpha value is -1.37. The number of nitrogens with zero attached hydrogens (tertiary/aromatic N) is 2. The third kappa shape index (κ3) is 3.16. The predicted octanol–water partition coefficient (Wildman–Crippen LogP) is 1.72. The summed E-state index contributed by atoms with van der Waals surface area (Å²) < 4.78 is 24.2. The molecule has 1 saturated carbocycles. The van der Waals surface area contributed by atoms with Crippen molar-refractivity contribution in [2.45, 2.75) is 62.7 Å². The van der Waals surface area contributed by atoms with Crippen LogP contribution in [0.3, 0.4) is 0 Å². The molecule has 1 amide bonds. The van der Waals surface area contributed by atoms with Gasteiger partial charge < -0.3 is 4.90 Å². The van der Waals surface area contributed by atoms with Crippen molar-refractivity contribution in [2.75, 3.05) is 13.3 Å². The lowest BCUT2D eigenvalue weighted by molar-refractivity contribution is 0.0693. The van der Waals surface area contributed by atoms with Gasteiger partial charge in [0.2, 0.25) is 0 Å². The Labute approximate surface area is 137 Å². The van der Waals surface area contributed by atoms with E-state index in [1.54, 1.807) is 11.9 Å². The molecule has 1 N–H and O–H groups in total. The van der Waals surface area contributed by atoms with E-state index >= 15 is 0 Å². The molecular weight excluding hydrogens is 314 g/mol. The zero-order valence-electron chi connectivity index (χ0n) is 13.8. The summed E-state index contributed by atoms with van der Waals surface area (Å²) in [4.78, 5) is 14.5. The molecule has 0 bridgehead atoms. The van der Waals surface area contributed by atoms with E-state index in [1.807, 2.05) is 0 Å². The maximum Gasteiger partial charge on any atom is 0.274 e. The highest BCUT2D eigenvalue weighted by molar-refractivity contribution is 7.91. The lowest BCUT2D eigenvalue weighted by atomic mass is 9.92. The van der Waals surface area contributed by atoms with Gasteiger partial charge in [0, 0.05) is 30.6 Å². The van der Waals surface area contributed by atoms with Crippen LogP contribution in [0.25, 0.3) is 0 Å². The van der Waals surface area contributed by atoms with E-state index in [2.05, 4.69) is 10.2 Å². The summed E-state index contributed by atoms with van der Waals surface area (Å²) >= 11 is 0. The van der Waals surface area contributed by atoms with Gasteiger partial charge in [0.15, 0.2) is 15.5 Å². The number of H-pyrrole nitrogens is 1. The molecule has 1 fully saturated rings. The van der Waals surface area contributed by atoms with E-state index in [-0.39, 0.29) is 11.9 Å². The van der Waals surface area contributed by atoms with Crippen molar-refractivity contribution in [1.29, 1.82) is 0 Å². The van der Waals surface area contributed by atoms with Gasteiger partial charge >= 0.3 is 0 Å². The second-order valence-electron chi connectivity index (χ2n) is 6.87. The largest absolute Gasteiger partial charge is 0.336 e. The van der Waals surface area contributed by atoms with Crippen LogP contribution in [0, 0.1) is 0 Å². The average molecular weight is 339 g/mol. The summed E-state index contributed by atoms with van der Waals surface area (Å²) in [7, 11) is -1.44. The molecule has 2 aliphatic carbocycles. The van der Waals surface area contributed by atoms with Crippen LogP contribution in [0.1, 0.15) is 60.3 Å². The van der Waals surface area contributed by atoms with E-state index in [0.29, 0.717) is 12.1 Å². The van der Waals surface area contributed by atoms with Crippen molar-refractivity contribution in [3.63, 3.8) is 0 Å². The summed E-state index contributed by atoms with van der Waals surface area (Å²) in [5.74, 6) is -0.148. The highest BCUT2D eigenvalue weighted by atomic mass is 32.2. The highest BCUT2D eigenvalue weighted by Crippen LogP contribution is 2.29. The van der Waals surface area contributed by atoms with Crippen LogP contribution in [-0.2, 0) is 22.7 Å². The molecule has 2 atom stereocenters. The molecule has 0 spiro atoms. The van der Waals surface area contributed by atoms with Crippen LogP contribution < -0.4 is 0 Å². The van der Waals surface area contributed by atoms with Crippen molar-refractivity contribution in [3.8, 4) is 0 Å². The van der Waals surface area contributed by atoms with Gasteiger partial charge in [-0.3, -0.25) is 9.89 Å². The van der Waals surface area contributed by atoms with Gasteiger partial charge in [-0.25, -0.2) is 8.42 Å². The predicted molar refractivity (Wildman–Crippen MR) is 88.2 cm³/mol. The van der Waals surface area contributed by atoms with E-state index in [0.717, 1.165) is 56.2 Å². The van der Waals surface area contributed by atoms with Crippen molar-refractivity contribution in [2.24, 2.45) is 0 Å². The lowest BCUT2D eigenvalue weighted by Crippen LogP contribution is -2.49. The quantitative estimate of drug-likeness (QED) is 0.909. The molecule has 0 aliphatic heterocycles. The molecule has 0 unspecified atom stereocenters. The molecule has 1 heterocycles. The van der Waals surface area contributed by atoms with Gasteiger partial charge in [-0.1, -0.05) is 12.8 Å². The molecular formula is C16H25N3O3S. The van der Waals surface area contributed by atoms with Crippen LogP contribution in [-0.4, -0.2) is 54.0 Å². The number of aryl methyl sites for hydroxylation is 1. The van der Waals surface area contributed by atoms with Crippen molar-refractivity contribution < 1.29 is 13.2 Å². The normalized spacial score (nSPS) is 25.0. The Morgan fingerprint density at radius 1 is 1.17 bits per heavy atom. The number of rotatable bonds is 3. The second-order valence-corrected chi connectivity index (χ2v) is 9.14. The Balaban J connectivity index is 1.85. The number of sulfone groups is 1. The van der Waals surface area contributed by atoms with Crippen LogP contribution in [0.2, 0.25) is 0 Å². The van der Waals surface area contributed by atoms with Crippen molar-refractivity contribution in [3.05, 3.63) is 17.0 Å². The number of nitrogens with one attached hydrogen (secondary N) is 1. The molecule has 23 heavy (non-hydrogen) atoms. The maximum atomic E-state index is 12.9. The monoisotopic (exact) mass is 339 g/mol. The molecule has 0 saturated heterocycles. The van der Waals surface area contributed by atoms with Crippen LogP contribution in [0.5, 0.6) is 0 Å². The standard InChI is InChI=1S/C16H25N3O3S/c1-19(13-9-5-6-10-14(13)23(2,21)22)16(20)15-11-7-3-4-8-12(11)17-18-15/h13-14H,3-10H2,1-2H3,(H,17,18)/t13-,14+/m1/s1. The molecule has 1 aromatic heterocycles. The summed E-state index contributed by atoms with van der Waals surface area (Å²) in [6, 6.07) is -0.248. The van der Waals surface area contributed by atoms with Gasteiger partial charge in [0.05, 0.1) is 5.25 Å². The Morgan fingerprint density at radius 3 is 2.61 bits per heavy atom. The molecule has 6 nitrogen and oxygen atoms in total. The summed E-state index contributed by atoms with van der Waals surface area (Å²) in [5.41, 5.74) is 2.58. The first-order valence-electron chi connectivity index (χ1n) is 8.41. The SMILES string of the molecule is CN(C(=O)c1n[nH]c2c1CCCC2)[C@@H]1CCCC[C@@H]1S(C)(=O)=O. The summed E-state index contributed by atoms with van der Waals surface area (Å²) in [5, 5.41) is 6.77. The third-order valence-electron chi connectivity index (χ3n) is 5.29. The number of carbonyl (C=O) groups excluding carboxylic acids is 1. The van der Waals surface area contributed by atoms with Gasteiger partial charge in [0.25, 0.3) is 5.91 Å². The molecule has 7 heteroatoms. The molecule has 2 aliphatic rings. The number of aromatic nitrogens is 2. The summed E-state index contributed by atoms with van der Waals surface area (Å²) in [6.07, 6.45) is 8.55. The Kier molecular flexibility index (Phi) is 4.49. The fourth-order valence-electron chi connectivity index (χ4n) is 4.00. The first-order chi connectivity index (χ1) is 10.9. The molecule has 128 valence electrons. The topological polar surface area (TPSA) is 83.1 Å². The minimum atomic E-state index is -3.16. The number of hydrogen-bond acceptors (Lipinski definition) is 4. The van der Waals surface area contributed by atoms with Crippen molar-refractivity contribution >= 4 is 15.7 Å². The third-order valence-corrected chi connectivity index (χ3v) is 6.94. The van der Waals surface area contributed by atoms with Gasteiger partial charge in [-0.15, -0.1) is 0 Å². The number of amides is 1. The fraction of sp³-hybridized carbons (Fsp3) is 0.750. The van der Waals surface area contributed by atoms with Crippen LogP contribution in [0.15, 0.2) is 0 Å². The Bertz CT molecular complexity index is 695. The van der Waals surface area contributed by atoms with Gasteiger partial charge in [-0.2, -0.15) is 5.10 Å². The molecule has 0 radical (unpaired) electrons. The zero-order valence-corrected chi connectivity index (χ0v) is 14.7. The average Bonchev–Trinajstić information content (AvgIpc) is 2.96. The van der Waals surface area contributed by atoms with Gasteiger partial charge in [-0.05, 0) is 38.5 Å². The van der Waals surface area contributed by atoms with E-state index in [9.17, 15) is 13.2 Å². The minimum absolute atomic E-state index is 0.148. The number of aromatic amines is 1. The van der Waals surface area contributed by atoms with Gasteiger partial charge in [0.1, 0.15) is 0 Å². The highest BCUT2D eigenvalue weighted by Gasteiger charge is 2.38. The minimum Gasteiger partial charge on any atom is -0.336 e. The van der Waals surface area contributed by atoms with Crippen molar-refractivity contribution in [1.82, 2.24) is 15.1 Å². The van der Waals surface area contributed by atoms with Crippen LogP contribution >= 0.6 is 0 Å². The lowest BCUT2D eigenvalue weighted by Gasteiger charge is -2.36. The first-order valence-corrected chi connectivity index (χ1v) is 10.4. The molecule has 0 aromatic carbocycles. The Morgan fingerprint density at radius 2 is 1.87 bits per heavy atom. The zero-order chi connectivity index (χ0) is 16.6. The number of carbonyl (C=O) groups is 1. The number of hydrogen-bond donors (Lipinski definition) is 1. The van der Waals surface area contributed by atoms with E-state index in [1.165, 1.54) is 6.26 Å². The summed E-state index contributed by atoms with van der Waals surface area (Å²) in [6.45, 7) is 0. The molecule has 3 rings (SSSR count).